The molecule has 1 N–H and O–H groups in total. The number of aromatic nitrogens is 1. The molecule has 0 atom stereocenters. The first-order valence-corrected chi connectivity index (χ1v) is 5.91. The van der Waals surface area contributed by atoms with Gasteiger partial charge in [-0.15, -0.1) is 0 Å². The predicted molar refractivity (Wildman–Crippen MR) is 72.5 cm³/mol. The van der Waals surface area contributed by atoms with Crippen molar-refractivity contribution in [1.29, 1.82) is 5.26 Å². The van der Waals surface area contributed by atoms with E-state index in [0.29, 0.717) is 17.1 Å². The van der Waals surface area contributed by atoms with Crippen LogP contribution in [0.15, 0.2) is 36.7 Å². The Bertz CT molecular complexity index is 602. The molecule has 1 aromatic carbocycles. The molecule has 0 unspecified atom stereocenters. The molecule has 0 fully saturated rings. The van der Waals surface area contributed by atoms with E-state index in [-0.39, 0.29) is 0 Å². The van der Waals surface area contributed by atoms with Crippen molar-refractivity contribution >= 4 is 17.3 Å². The van der Waals surface area contributed by atoms with Crippen LogP contribution >= 0.6 is 11.6 Å². The molecule has 1 aromatic heterocycles. The number of nitrogens with zero attached hydrogens (tertiary/aromatic N) is 2. The van der Waals surface area contributed by atoms with Crippen molar-refractivity contribution in [2.75, 3.05) is 5.32 Å². The third-order valence-corrected chi connectivity index (χ3v) is 2.83. The van der Waals surface area contributed by atoms with Crippen LogP contribution in [0.25, 0.3) is 0 Å². The van der Waals surface area contributed by atoms with Crippen LogP contribution in [0, 0.1) is 18.3 Å². The number of halogens is 1. The van der Waals surface area contributed by atoms with E-state index >= 15 is 0 Å². The highest BCUT2D eigenvalue weighted by Gasteiger charge is 2.02. The van der Waals surface area contributed by atoms with Crippen LogP contribution in [0.2, 0.25) is 5.02 Å². The van der Waals surface area contributed by atoms with E-state index in [1.807, 2.05) is 25.4 Å². The van der Waals surface area contributed by atoms with E-state index in [2.05, 4.69) is 22.4 Å². The Kier molecular flexibility index (Phi) is 3.81. The smallest absolute Gasteiger partial charge is 0.0992 e. The summed E-state index contributed by atoms with van der Waals surface area (Å²) in [7, 11) is 0. The highest BCUT2D eigenvalue weighted by molar-refractivity contribution is 6.33. The summed E-state index contributed by atoms with van der Waals surface area (Å²) in [5.41, 5.74) is 3.59. The summed E-state index contributed by atoms with van der Waals surface area (Å²) in [6, 6.07) is 9.32. The Hall–Kier alpha value is -2.05. The summed E-state index contributed by atoms with van der Waals surface area (Å²) in [6.45, 7) is 2.66. The Labute approximate surface area is 111 Å². The van der Waals surface area contributed by atoms with Gasteiger partial charge in [0.25, 0.3) is 0 Å². The monoisotopic (exact) mass is 257 g/mol. The van der Waals surface area contributed by atoms with Gasteiger partial charge in [-0.05, 0) is 36.2 Å². The molecule has 4 heteroatoms. The zero-order valence-electron chi connectivity index (χ0n) is 9.94. The van der Waals surface area contributed by atoms with Gasteiger partial charge in [-0.3, -0.25) is 4.98 Å². The molecular formula is C14H12ClN3. The number of anilines is 1. The van der Waals surface area contributed by atoms with Gasteiger partial charge < -0.3 is 5.32 Å². The fraction of sp³-hybridized carbons (Fsp3) is 0.143. The fourth-order valence-corrected chi connectivity index (χ4v) is 1.89. The van der Waals surface area contributed by atoms with Crippen molar-refractivity contribution in [3.05, 3.63) is 58.4 Å². The number of aryl methyl sites for hydroxylation is 1. The SMILES string of the molecule is Cc1cncc(CNc2ccc(C#N)cc2Cl)c1. The number of hydrogen-bond donors (Lipinski definition) is 1. The third-order valence-electron chi connectivity index (χ3n) is 2.51. The van der Waals surface area contributed by atoms with Gasteiger partial charge in [-0.25, -0.2) is 0 Å². The quantitative estimate of drug-likeness (QED) is 0.915. The standard InChI is InChI=1S/C14H12ClN3/c1-10-4-12(8-17-7-10)9-18-14-3-2-11(6-16)5-13(14)15/h2-5,7-8,18H,9H2,1H3. The van der Waals surface area contributed by atoms with E-state index in [1.165, 1.54) is 0 Å². The van der Waals surface area contributed by atoms with Gasteiger partial charge in [0.1, 0.15) is 0 Å². The normalized spacial score (nSPS) is 9.83. The lowest BCUT2D eigenvalue weighted by Gasteiger charge is -2.08. The molecule has 2 aromatic rings. The van der Waals surface area contributed by atoms with Gasteiger partial charge >= 0.3 is 0 Å². The van der Waals surface area contributed by atoms with Crippen LogP contribution < -0.4 is 5.32 Å². The van der Waals surface area contributed by atoms with Crippen molar-refractivity contribution in [3.63, 3.8) is 0 Å². The minimum atomic E-state index is 0.551. The number of rotatable bonds is 3. The highest BCUT2D eigenvalue weighted by atomic mass is 35.5. The lowest BCUT2D eigenvalue weighted by atomic mass is 10.2. The summed E-state index contributed by atoms with van der Waals surface area (Å²) >= 11 is 6.08. The lowest BCUT2D eigenvalue weighted by Crippen LogP contribution is -2.00. The summed E-state index contributed by atoms with van der Waals surface area (Å²) in [5.74, 6) is 0. The van der Waals surface area contributed by atoms with Gasteiger partial charge in [0, 0.05) is 18.9 Å². The molecule has 0 spiro atoms. The molecule has 0 radical (unpaired) electrons. The molecule has 0 saturated heterocycles. The van der Waals surface area contributed by atoms with Gasteiger partial charge in [-0.1, -0.05) is 17.7 Å². The molecule has 0 bridgehead atoms. The molecule has 1 heterocycles. The maximum atomic E-state index is 8.75. The van der Waals surface area contributed by atoms with Gasteiger partial charge in [0.2, 0.25) is 0 Å². The summed E-state index contributed by atoms with van der Waals surface area (Å²) in [5, 5.41) is 12.5. The molecule has 0 aliphatic carbocycles. The first-order valence-electron chi connectivity index (χ1n) is 5.53. The first kappa shape index (κ1) is 12.4. The molecule has 18 heavy (non-hydrogen) atoms. The summed E-state index contributed by atoms with van der Waals surface area (Å²) in [4.78, 5) is 4.13. The van der Waals surface area contributed by atoms with Crippen LogP contribution in [-0.2, 0) is 6.54 Å². The number of benzene rings is 1. The van der Waals surface area contributed by atoms with E-state index < -0.39 is 0 Å². The minimum absolute atomic E-state index is 0.551. The van der Waals surface area contributed by atoms with Crippen LogP contribution in [0.5, 0.6) is 0 Å². The van der Waals surface area contributed by atoms with Crippen molar-refractivity contribution in [2.45, 2.75) is 13.5 Å². The van der Waals surface area contributed by atoms with Gasteiger partial charge in [-0.2, -0.15) is 5.26 Å². The highest BCUT2D eigenvalue weighted by Crippen LogP contribution is 2.23. The Morgan fingerprint density at radius 2 is 2.17 bits per heavy atom. The Morgan fingerprint density at radius 3 is 2.83 bits per heavy atom. The Morgan fingerprint density at radius 1 is 1.33 bits per heavy atom. The van der Waals surface area contributed by atoms with E-state index in [4.69, 9.17) is 16.9 Å². The van der Waals surface area contributed by atoms with Crippen molar-refractivity contribution < 1.29 is 0 Å². The number of nitriles is 1. The number of pyridine rings is 1. The van der Waals surface area contributed by atoms with Crippen molar-refractivity contribution in [2.24, 2.45) is 0 Å². The molecule has 0 aliphatic heterocycles. The third kappa shape index (κ3) is 2.99. The second-order valence-electron chi connectivity index (χ2n) is 4.03. The summed E-state index contributed by atoms with van der Waals surface area (Å²) < 4.78 is 0. The molecule has 0 amide bonds. The number of nitrogens with one attached hydrogen (secondary N) is 1. The number of hydrogen-bond acceptors (Lipinski definition) is 3. The van der Waals surface area contributed by atoms with Gasteiger partial charge in [0.15, 0.2) is 0 Å². The molecular weight excluding hydrogens is 246 g/mol. The Balaban J connectivity index is 2.09. The average Bonchev–Trinajstić information content (AvgIpc) is 2.37. The zero-order chi connectivity index (χ0) is 13.0. The maximum absolute atomic E-state index is 8.75. The van der Waals surface area contributed by atoms with Crippen LogP contribution in [0.1, 0.15) is 16.7 Å². The zero-order valence-corrected chi connectivity index (χ0v) is 10.7. The average molecular weight is 258 g/mol. The fourth-order valence-electron chi connectivity index (χ4n) is 1.64. The topological polar surface area (TPSA) is 48.7 Å². The van der Waals surface area contributed by atoms with E-state index in [0.717, 1.165) is 16.8 Å². The predicted octanol–water partition coefficient (Wildman–Crippen LogP) is 3.53. The van der Waals surface area contributed by atoms with E-state index in [9.17, 15) is 0 Å². The second-order valence-corrected chi connectivity index (χ2v) is 4.44. The molecule has 0 aliphatic rings. The first-order chi connectivity index (χ1) is 8.69. The molecule has 90 valence electrons. The molecule has 0 saturated carbocycles. The van der Waals surface area contributed by atoms with Crippen LogP contribution in [-0.4, -0.2) is 4.98 Å². The van der Waals surface area contributed by atoms with E-state index in [1.54, 1.807) is 12.1 Å². The largest absolute Gasteiger partial charge is 0.380 e. The van der Waals surface area contributed by atoms with Crippen molar-refractivity contribution in [1.82, 2.24) is 4.98 Å². The van der Waals surface area contributed by atoms with Crippen LogP contribution in [0.3, 0.4) is 0 Å². The van der Waals surface area contributed by atoms with Gasteiger partial charge in [0.05, 0.1) is 22.3 Å². The summed E-state index contributed by atoms with van der Waals surface area (Å²) in [6.07, 6.45) is 3.63. The van der Waals surface area contributed by atoms with Crippen molar-refractivity contribution in [3.8, 4) is 6.07 Å². The maximum Gasteiger partial charge on any atom is 0.0992 e. The minimum Gasteiger partial charge on any atom is -0.380 e. The van der Waals surface area contributed by atoms with Crippen LogP contribution in [0.4, 0.5) is 5.69 Å². The molecule has 2 rings (SSSR count). The second kappa shape index (κ2) is 5.52. The molecule has 3 nitrogen and oxygen atoms in total. The lowest BCUT2D eigenvalue weighted by molar-refractivity contribution is 1.10.